The van der Waals surface area contributed by atoms with Crippen molar-refractivity contribution in [3.63, 3.8) is 0 Å². The van der Waals surface area contributed by atoms with Crippen molar-refractivity contribution in [3.8, 4) is 5.75 Å². The Morgan fingerprint density at radius 2 is 1.79 bits per heavy atom. The van der Waals surface area contributed by atoms with Crippen molar-refractivity contribution in [2.75, 3.05) is 13.1 Å². The Balaban J connectivity index is 1.24. The summed E-state index contributed by atoms with van der Waals surface area (Å²) in [5.74, 6) is -0.486. The first-order valence-electron chi connectivity index (χ1n) is 10.9. The van der Waals surface area contributed by atoms with Gasteiger partial charge in [0.1, 0.15) is 12.4 Å². The number of benzene rings is 2. The second kappa shape index (κ2) is 10.9. The smallest absolute Gasteiger partial charge is 0.289 e. The summed E-state index contributed by atoms with van der Waals surface area (Å²) in [6.07, 6.45) is 2.76. The highest BCUT2D eigenvalue weighted by Gasteiger charge is 2.30. The molecule has 1 aliphatic heterocycles. The third kappa shape index (κ3) is 5.96. The van der Waals surface area contributed by atoms with E-state index in [1.807, 2.05) is 0 Å². The van der Waals surface area contributed by atoms with Gasteiger partial charge in [-0.1, -0.05) is 23.7 Å². The molecule has 1 aliphatic rings. The van der Waals surface area contributed by atoms with E-state index in [2.05, 4.69) is 10.9 Å². The van der Waals surface area contributed by atoms with E-state index in [0.29, 0.717) is 42.3 Å². The molecule has 2 aromatic carbocycles. The molecule has 1 unspecified atom stereocenters. The van der Waals surface area contributed by atoms with Gasteiger partial charge in [0.25, 0.3) is 11.8 Å². The quantitative estimate of drug-likeness (QED) is 0.521. The predicted octanol–water partition coefficient (Wildman–Crippen LogP) is 3.83. The van der Waals surface area contributed by atoms with E-state index in [9.17, 15) is 14.4 Å². The standard InChI is InChI=1S/C25H24ClN3O5/c26-20-9-11-21(12-10-20)34-16-17-5-7-18(8-6-17)23(30)27-28-24(31)19-3-1-13-29(15-19)25(32)22-4-2-14-33-22/h2,4-12,14,19H,1,3,13,15-16H2,(H,27,30)(H,28,31). The summed E-state index contributed by atoms with van der Waals surface area (Å²) in [7, 11) is 0. The molecule has 3 amide bonds. The highest BCUT2D eigenvalue weighted by Crippen LogP contribution is 2.19. The van der Waals surface area contributed by atoms with Crippen LogP contribution >= 0.6 is 11.6 Å². The van der Waals surface area contributed by atoms with Crippen LogP contribution < -0.4 is 15.6 Å². The van der Waals surface area contributed by atoms with E-state index in [4.69, 9.17) is 20.8 Å². The molecular weight excluding hydrogens is 458 g/mol. The second-order valence-corrected chi connectivity index (χ2v) is 8.39. The van der Waals surface area contributed by atoms with E-state index < -0.39 is 11.8 Å². The van der Waals surface area contributed by atoms with Crippen LogP contribution in [-0.4, -0.2) is 35.7 Å². The minimum atomic E-state index is -0.433. The molecule has 9 heteroatoms. The lowest BCUT2D eigenvalue weighted by molar-refractivity contribution is -0.127. The molecule has 4 rings (SSSR count). The SMILES string of the molecule is O=C(NNC(=O)C1CCCN(C(=O)c2ccco2)C1)c1ccc(COc2ccc(Cl)cc2)cc1. The molecular formula is C25H24ClN3O5. The summed E-state index contributed by atoms with van der Waals surface area (Å²) in [6, 6.07) is 17.2. The van der Waals surface area contributed by atoms with Gasteiger partial charge in [-0.15, -0.1) is 0 Å². The van der Waals surface area contributed by atoms with Gasteiger partial charge in [-0.05, 0) is 66.9 Å². The number of carbonyl (C=O) groups excluding carboxylic acids is 3. The van der Waals surface area contributed by atoms with Crippen molar-refractivity contribution in [2.45, 2.75) is 19.4 Å². The summed E-state index contributed by atoms with van der Waals surface area (Å²) >= 11 is 5.86. The molecule has 2 N–H and O–H groups in total. The average Bonchev–Trinajstić information content (AvgIpc) is 3.42. The Hall–Kier alpha value is -3.78. The lowest BCUT2D eigenvalue weighted by Gasteiger charge is -2.31. The maximum atomic E-state index is 12.6. The van der Waals surface area contributed by atoms with Gasteiger partial charge in [-0.3, -0.25) is 25.2 Å². The van der Waals surface area contributed by atoms with E-state index in [1.165, 1.54) is 6.26 Å². The Labute approximate surface area is 201 Å². The highest BCUT2D eigenvalue weighted by molar-refractivity contribution is 6.30. The van der Waals surface area contributed by atoms with Gasteiger partial charge in [0, 0.05) is 23.7 Å². The highest BCUT2D eigenvalue weighted by atomic mass is 35.5. The summed E-state index contributed by atoms with van der Waals surface area (Å²) in [5.41, 5.74) is 6.21. The Morgan fingerprint density at radius 3 is 2.50 bits per heavy atom. The van der Waals surface area contributed by atoms with Crippen LogP contribution in [-0.2, 0) is 11.4 Å². The van der Waals surface area contributed by atoms with Crippen LogP contribution in [0.1, 0.15) is 39.3 Å². The number of piperidine rings is 1. The van der Waals surface area contributed by atoms with Gasteiger partial charge in [0.15, 0.2) is 5.76 Å². The lowest BCUT2D eigenvalue weighted by Crippen LogP contribution is -2.50. The first-order chi connectivity index (χ1) is 16.5. The number of furan rings is 1. The molecule has 176 valence electrons. The van der Waals surface area contributed by atoms with Crippen molar-refractivity contribution in [1.29, 1.82) is 0 Å². The second-order valence-electron chi connectivity index (χ2n) is 7.95. The molecule has 3 aromatic rings. The number of hydrazine groups is 1. The monoisotopic (exact) mass is 481 g/mol. The van der Waals surface area contributed by atoms with Crippen molar-refractivity contribution >= 4 is 29.3 Å². The Kier molecular flexibility index (Phi) is 7.49. The van der Waals surface area contributed by atoms with Crippen LogP contribution in [0.4, 0.5) is 0 Å². The topological polar surface area (TPSA) is 101 Å². The van der Waals surface area contributed by atoms with Gasteiger partial charge in [-0.2, -0.15) is 0 Å². The fourth-order valence-electron chi connectivity index (χ4n) is 3.67. The predicted molar refractivity (Wildman–Crippen MR) is 125 cm³/mol. The molecule has 8 nitrogen and oxygen atoms in total. The van der Waals surface area contributed by atoms with E-state index >= 15 is 0 Å². The van der Waals surface area contributed by atoms with Crippen molar-refractivity contribution in [1.82, 2.24) is 15.8 Å². The molecule has 0 spiro atoms. The van der Waals surface area contributed by atoms with Gasteiger partial charge in [0.2, 0.25) is 5.91 Å². The van der Waals surface area contributed by atoms with E-state index in [0.717, 1.165) is 5.56 Å². The van der Waals surface area contributed by atoms with Crippen molar-refractivity contribution in [2.24, 2.45) is 5.92 Å². The first kappa shape index (κ1) is 23.4. The summed E-state index contributed by atoms with van der Waals surface area (Å²) in [6.45, 7) is 1.17. The van der Waals surface area contributed by atoms with Gasteiger partial charge in [0.05, 0.1) is 12.2 Å². The van der Waals surface area contributed by atoms with Crippen LogP contribution in [0.5, 0.6) is 5.75 Å². The van der Waals surface area contributed by atoms with Crippen LogP contribution in [0, 0.1) is 5.92 Å². The minimum absolute atomic E-state index is 0.244. The third-order valence-corrected chi connectivity index (χ3v) is 5.80. The summed E-state index contributed by atoms with van der Waals surface area (Å²) < 4.78 is 10.9. The molecule has 0 aliphatic carbocycles. The molecule has 1 saturated heterocycles. The van der Waals surface area contributed by atoms with Crippen LogP contribution in [0.25, 0.3) is 0 Å². The number of likely N-dealkylation sites (tertiary alicyclic amines) is 1. The number of halogens is 1. The zero-order valence-electron chi connectivity index (χ0n) is 18.3. The molecule has 1 fully saturated rings. The van der Waals surface area contributed by atoms with Crippen molar-refractivity contribution in [3.05, 3.63) is 88.8 Å². The number of nitrogens with one attached hydrogen (secondary N) is 2. The molecule has 1 atom stereocenters. The number of hydrogen-bond donors (Lipinski definition) is 2. The Bertz CT molecular complexity index is 1130. The zero-order chi connectivity index (χ0) is 23.9. The average molecular weight is 482 g/mol. The molecule has 2 heterocycles. The number of rotatable bonds is 6. The number of nitrogens with zero attached hydrogens (tertiary/aromatic N) is 1. The molecule has 1 aromatic heterocycles. The normalized spacial score (nSPS) is 15.4. The first-order valence-corrected chi connectivity index (χ1v) is 11.3. The van der Waals surface area contributed by atoms with Gasteiger partial charge < -0.3 is 14.1 Å². The Morgan fingerprint density at radius 1 is 1.03 bits per heavy atom. The largest absolute Gasteiger partial charge is 0.489 e. The van der Waals surface area contributed by atoms with Crippen LogP contribution in [0.3, 0.4) is 0 Å². The fourth-order valence-corrected chi connectivity index (χ4v) is 3.80. The van der Waals surface area contributed by atoms with Crippen molar-refractivity contribution < 1.29 is 23.5 Å². The minimum Gasteiger partial charge on any atom is -0.489 e. The fraction of sp³-hybridized carbons (Fsp3) is 0.240. The molecule has 0 bridgehead atoms. The third-order valence-electron chi connectivity index (χ3n) is 5.55. The number of ether oxygens (including phenoxy) is 1. The van der Waals surface area contributed by atoms with Crippen LogP contribution in [0.15, 0.2) is 71.3 Å². The zero-order valence-corrected chi connectivity index (χ0v) is 19.1. The lowest BCUT2D eigenvalue weighted by atomic mass is 9.97. The molecule has 34 heavy (non-hydrogen) atoms. The molecule has 0 radical (unpaired) electrons. The van der Waals surface area contributed by atoms with E-state index in [1.54, 1.807) is 65.6 Å². The summed E-state index contributed by atoms with van der Waals surface area (Å²) in [4.78, 5) is 39.1. The number of carbonyl (C=O) groups is 3. The number of amides is 3. The van der Waals surface area contributed by atoms with Gasteiger partial charge >= 0.3 is 0 Å². The maximum Gasteiger partial charge on any atom is 0.289 e. The van der Waals surface area contributed by atoms with Crippen LogP contribution in [0.2, 0.25) is 5.02 Å². The molecule has 0 saturated carbocycles. The maximum absolute atomic E-state index is 12.6. The van der Waals surface area contributed by atoms with Gasteiger partial charge in [-0.25, -0.2) is 0 Å². The number of hydrogen-bond acceptors (Lipinski definition) is 5. The summed E-state index contributed by atoms with van der Waals surface area (Å²) in [5, 5.41) is 0.637. The van der Waals surface area contributed by atoms with E-state index in [-0.39, 0.29) is 24.1 Å².